The standard InChI is InChI=1S/C11H25NOS/c1-5-6-9(2)7-12-10(3)11(8-13)14-4/h9-13H,5-8H2,1-4H3. The summed E-state index contributed by atoms with van der Waals surface area (Å²) in [6.45, 7) is 7.97. The maximum absolute atomic E-state index is 9.10. The SMILES string of the molecule is CCCC(C)CNC(C)C(CO)SC. The largest absolute Gasteiger partial charge is 0.395 e. The molecular formula is C11H25NOS. The quantitative estimate of drug-likeness (QED) is 0.656. The van der Waals surface area contributed by atoms with Crippen molar-refractivity contribution in [3.63, 3.8) is 0 Å². The predicted molar refractivity (Wildman–Crippen MR) is 65.9 cm³/mol. The lowest BCUT2D eigenvalue weighted by Gasteiger charge is -2.23. The molecule has 0 rings (SSSR count). The second-order valence-electron chi connectivity index (χ2n) is 4.05. The van der Waals surface area contributed by atoms with Crippen molar-refractivity contribution in [2.45, 2.75) is 44.9 Å². The summed E-state index contributed by atoms with van der Waals surface area (Å²) in [6, 6.07) is 0.398. The van der Waals surface area contributed by atoms with Crippen LogP contribution >= 0.6 is 11.8 Å². The fraction of sp³-hybridized carbons (Fsp3) is 1.00. The Bertz CT molecular complexity index is 128. The molecule has 0 fully saturated rings. The van der Waals surface area contributed by atoms with Crippen LogP contribution in [0.2, 0.25) is 0 Å². The molecule has 0 aromatic heterocycles. The zero-order valence-corrected chi connectivity index (χ0v) is 10.7. The summed E-state index contributed by atoms with van der Waals surface area (Å²) in [7, 11) is 0. The first-order valence-corrected chi connectivity index (χ1v) is 6.81. The van der Waals surface area contributed by atoms with E-state index in [0.29, 0.717) is 11.3 Å². The molecule has 0 aliphatic rings. The first kappa shape index (κ1) is 14.3. The minimum atomic E-state index is 0.261. The third-order valence-corrected chi connectivity index (χ3v) is 3.77. The second kappa shape index (κ2) is 8.57. The van der Waals surface area contributed by atoms with Crippen molar-refractivity contribution >= 4 is 11.8 Å². The van der Waals surface area contributed by atoms with Crippen molar-refractivity contribution < 1.29 is 5.11 Å². The molecule has 3 heteroatoms. The van der Waals surface area contributed by atoms with Crippen molar-refractivity contribution in [3.05, 3.63) is 0 Å². The van der Waals surface area contributed by atoms with E-state index in [-0.39, 0.29) is 6.61 Å². The van der Waals surface area contributed by atoms with E-state index in [1.54, 1.807) is 11.8 Å². The zero-order valence-electron chi connectivity index (χ0n) is 9.92. The summed E-state index contributed by atoms with van der Waals surface area (Å²) in [5, 5.41) is 12.9. The fourth-order valence-electron chi connectivity index (χ4n) is 1.55. The number of rotatable bonds is 8. The molecule has 0 aliphatic carbocycles. The van der Waals surface area contributed by atoms with Gasteiger partial charge in [-0.1, -0.05) is 20.3 Å². The van der Waals surface area contributed by atoms with Crippen LogP contribution in [0.3, 0.4) is 0 Å². The van der Waals surface area contributed by atoms with E-state index in [9.17, 15) is 0 Å². The molecule has 3 atom stereocenters. The van der Waals surface area contributed by atoms with Gasteiger partial charge in [0.25, 0.3) is 0 Å². The topological polar surface area (TPSA) is 32.3 Å². The smallest absolute Gasteiger partial charge is 0.0564 e. The average molecular weight is 219 g/mol. The van der Waals surface area contributed by atoms with Crippen molar-refractivity contribution in [3.8, 4) is 0 Å². The molecule has 0 spiro atoms. The van der Waals surface area contributed by atoms with Crippen LogP contribution < -0.4 is 5.32 Å². The Morgan fingerprint density at radius 3 is 2.43 bits per heavy atom. The third-order valence-electron chi connectivity index (χ3n) is 2.61. The van der Waals surface area contributed by atoms with E-state index in [2.05, 4.69) is 32.3 Å². The Balaban J connectivity index is 3.65. The van der Waals surface area contributed by atoms with Crippen LogP contribution in [-0.2, 0) is 0 Å². The molecule has 3 unspecified atom stereocenters. The van der Waals surface area contributed by atoms with Gasteiger partial charge < -0.3 is 10.4 Å². The van der Waals surface area contributed by atoms with Gasteiger partial charge >= 0.3 is 0 Å². The van der Waals surface area contributed by atoms with Crippen LogP contribution in [0.25, 0.3) is 0 Å². The lowest BCUT2D eigenvalue weighted by Crippen LogP contribution is -2.39. The molecule has 2 N–H and O–H groups in total. The Kier molecular flexibility index (Phi) is 8.73. The molecule has 2 nitrogen and oxygen atoms in total. The summed E-state index contributed by atoms with van der Waals surface area (Å²) in [6.07, 6.45) is 4.58. The third kappa shape index (κ3) is 5.89. The first-order chi connectivity index (χ1) is 6.65. The summed E-state index contributed by atoms with van der Waals surface area (Å²) < 4.78 is 0. The molecular weight excluding hydrogens is 194 g/mol. The first-order valence-electron chi connectivity index (χ1n) is 5.52. The Morgan fingerprint density at radius 1 is 1.36 bits per heavy atom. The van der Waals surface area contributed by atoms with Gasteiger partial charge in [-0.3, -0.25) is 0 Å². The van der Waals surface area contributed by atoms with E-state index in [1.165, 1.54) is 12.8 Å². The van der Waals surface area contributed by atoms with Gasteiger partial charge in [0.05, 0.1) is 6.61 Å². The highest BCUT2D eigenvalue weighted by Crippen LogP contribution is 2.11. The van der Waals surface area contributed by atoms with E-state index in [4.69, 9.17) is 5.11 Å². The van der Waals surface area contributed by atoms with Crippen LogP contribution in [0.1, 0.15) is 33.6 Å². The number of hydrogen-bond donors (Lipinski definition) is 2. The summed E-state index contributed by atoms with van der Waals surface area (Å²) in [5.74, 6) is 0.739. The molecule has 0 radical (unpaired) electrons. The molecule has 0 aliphatic heterocycles. The van der Waals surface area contributed by atoms with Crippen LogP contribution in [0.4, 0.5) is 0 Å². The Labute approximate surface area is 92.9 Å². The van der Waals surface area contributed by atoms with Crippen LogP contribution in [-0.4, -0.2) is 35.8 Å². The predicted octanol–water partition coefficient (Wildman–Crippen LogP) is 2.12. The van der Waals surface area contributed by atoms with Gasteiger partial charge in [-0.05, 0) is 32.1 Å². The van der Waals surface area contributed by atoms with Gasteiger partial charge in [0, 0.05) is 11.3 Å². The maximum Gasteiger partial charge on any atom is 0.0564 e. The lowest BCUT2D eigenvalue weighted by molar-refractivity contribution is 0.273. The minimum absolute atomic E-state index is 0.261. The van der Waals surface area contributed by atoms with Crippen molar-refractivity contribution in [2.75, 3.05) is 19.4 Å². The number of aliphatic hydroxyl groups is 1. The van der Waals surface area contributed by atoms with Crippen LogP contribution in [0.15, 0.2) is 0 Å². The minimum Gasteiger partial charge on any atom is -0.395 e. The number of nitrogens with one attached hydrogen (secondary N) is 1. The van der Waals surface area contributed by atoms with Crippen molar-refractivity contribution in [2.24, 2.45) is 5.92 Å². The Morgan fingerprint density at radius 2 is 2.00 bits per heavy atom. The van der Waals surface area contributed by atoms with E-state index >= 15 is 0 Å². The molecule has 14 heavy (non-hydrogen) atoms. The second-order valence-corrected chi connectivity index (χ2v) is 5.12. The molecule has 0 bridgehead atoms. The van der Waals surface area contributed by atoms with Gasteiger partial charge in [0.15, 0.2) is 0 Å². The van der Waals surface area contributed by atoms with Gasteiger partial charge in [0.1, 0.15) is 0 Å². The summed E-state index contributed by atoms with van der Waals surface area (Å²) >= 11 is 1.73. The van der Waals surface area contributed by atoms with Crippen molar-refractivity contribution in [1.29, 1.82) is 0 Å². The van der Waals surface area contributed by atoms with Gasteiger partial charge in [-0.2, -0.15) is 11.8 Å². The normalized spacial score (nSPS) is 17.8. The van der Waals surface area contributed by atoms with E-state index in [0.717, 1.165) is 12.5 Å². The number of aliphatic hydroxyl groups excluding tert-OH is 1. The number of thioether (sulfide) groups is 1. The molecule has 0 aromatic rings. The monoisotopic (exact) mass is 219 g/mol. The Hall–Kier alpha value is 0.270. The average Bonchev–Trinajstić information content (AvgIpc) is 2.17. The molecule has 0 heterocycles. The highest BCUT2D eigenvalue weighted by atomic mass is 32.2. The highest BCUT2D eigenvalue weighted by molar-refractivity contribution is 7.99. The van der Waals surface area contributed by atoms with Crippen molar-refractivity contribution in [1.82, 2.24) is 5.32 Å². The molecule has 0 saturated heterocycles. The number of hydrogen-bond acceptors (Lipinski definition) is 3. The molecule has 0 amide bonds. The maximum atomic E-state index is 9.10. The fourth-order valence-corrected chi connectivity index (χ4v) is 2.20. The van der Waals surface area contributed by atoms with E-state index in [1.807, 2.05) is 0 Å². The van der Waals surface area contributed by atoms with Gasteiger partial charge in [-0.15, -0.1) is 0 Å². The molecule has 86 valence electrons. The highest BCUT2D eigenvalue weighted by Gasteiger charge is 2.14. The molecule has 0 saturated carbocycles. The molecule has 0 aromatic carbocycles. The summed E-state index contributed by atoms with van der Waals surface area (Å²) in [5.41, 5.74) is 0. The van der Waals surface area contributed by atoms with Gasteiger partial charge in [-0.25, -0.2) is 0 Å². The van der Waals surface area contributed by atoms with Gasteiger partial charge in [0.2, 0.25) is 0 Å². The van der Waals surface area contributed by atoms with E-state index < -0.39 is 0 Å². The van der Waals surface area contributed by atoms with Crippen LogP contribution in [0, 0.1) is 5.92 Å². The summed E-state index contributed by atoms with van der Waals surface area (Å²) in [4.78, 5) is 0. The zero-order chi connectivity index (χ0) is 11.0. The lowest BCUT2D eigenvalue weighted by atomic mass is 10.1. The van der Waals surface area contributed by atoms with Crippen LogP contribution in [0.5, 0.6) is 0 Å².